The maximum absolute atomic E-state index is 12.5. The number of ketones is 1. The minimum absolute atomic E-state index is 0.00830. The highest BCUT2D eigenvalue weighted by Crippen LogP contribution is 2.22. The lowest BCUT2D eigenvalue weighted by atomic mass is 10.1. The van der Waals surface area contributed by atoms with Gasteiger partial charge in [-0.25, -0.2) is 9.78 Å². The summed E-state index contributed by atoms with van der Waals surface area (Å²) in [6, 6.07) is 5.07. The third-order valence-electron chi connectivity index (χ3n) is 3.38. The summed E-state index contributed by atoms with van der Waals surface area (Å²) < 4.78 is 6.09. The summed E-state index contributed by atoms with van der Waals surface area (Å²) in [5.41, 5.74) is 0.148. The fourth-order valence-corrected chi connectivity index (χ4v) is 2.87. The van der Waals surface area contributed by atoms with Gasteiger partial charge in [-0.15, -0.1) is 0 Å². The first-order valence-electron chi connectivity index (χ1n) is 7.40. The van der Waals surface area contributed by atoms with Gasteiger partial charge in [0, 0.05) is 12.2 Å². The molecule has 120 valence electrons. The number of amides is 1. The number of hydrogen-bond acceptors (Lipinski definition) is 4. The van der Waals surface area contributed by atoms with Crippen LogP contribution in [-0.4, -0.2) is 39.9 Å². The van der Waals surface area contributed by atoms with Crippen molar-refractivity contribution in [1.82, 2.24) is 9.88 Å². The Morgan fingerprint density at radius 3 is 2.77 bits per heavy atom. The molecule has 0 spiro atoms. The van der Waals surface area contributed by atoms with Gasteiger partial charge in [0.25, 0.3) is 0 Å². The van der Waals surface area contributed by atoms with Crippen LogP contribution >= 0.6 is 15.9 Å². The molecule has 22 heavy (non-hydrogen) atoms. The van der Waals surface area contributed by atoms with Gasteiger partial charge in [-0.1, -0.05) is 6.07 Å². The Hall–Kier alpha value is -1.43. The molecule has 1 saturated heterocycles. The van der Waals surface area contributed by atoms with Crippen LogP contribution in [0.15, 0.2) is 22.8 Å². The van der Waals surface area contributed by atoms with E-state index in [4.69, 9.17) is 4.74 Å². The van der Waals surface area contributed by atoms with Crippen LogP contribution in [0.1, 0.15) is 39.3 Å². The van der Waals surface area contributed by atoms with E-state index in [-0.39, 0.29) is 12.2 Å². The van der Waals surface area contributed by atoms with E-state index in [9.17, 15) is 9.59 Å². The smallest absolute Gasteiger partial charge is 0.410 e. The molecule has 6 heteroatoms. The Bertz CT molecular complexity index is 569. The average Bonchev–Trinajstić information content (AvgIpc) is 2.85. The standard InChI is InChI=1S/C16H21BrN2O3/c1-16(2,3)22-15(21)19-9-5-7-12(19)13(20)10-11-6-4-8-14(17)18-11/h4,6,8,12H,5,7,9-10H2,1-3H3/t12-/m0/s1. The maximum atomic E-state index is 12.5. The molecule has 0 saturated carbocycles. The van der Waals surface area contributed by atoms with Gasteiger partial charge in [0.15, 0.2) is 5.78 Å². The molecule has 0 radical (unpaired) electrons. The Labute approximate surface area is 139 Å². The summed E-state index contributed by atoms with van der Waals surface area (Å²) in [6.45, 7) is 6.03. The van der Waals surface area contributed by atoms with Gasteiger partial charge in [-0.2, -0.15) is 0 Å². The second-order valence-electron chi connectivity index (χ2n) is 6.43. The van der Waals surface area contributed by atoms with Gasteiger partial charge < -0.3 is 4.74 Å². The zero-order chi connectivity index (χ0) is 16.3. The number of pyridine rings is 1. The molecular formula is C16H21BrN2O3. The van der Waals surface area contributed by atoms with Crippen molar-refractivity contribution in [3.05, 3.63) is 28.5 Å². The van der Waals surface area contributed by atoms with Gasteiger partial charge in [0.1, 0.15) is 10.2 Å². The molecular weight excluding hydrogens is 348 g/mol. The van der Waals surface area contributed by atoms with Crippen molar-refractivity contribution in [2.75, 3.05) is 6.54 Å². The number of halogens is 1. The third-order valence-corrected chi connectivity index (χ3v) is 3.82. The molecule has 1 atom stereocenters. The van der Waals surface area contributed by atoms with E-state index in [2.05, 4.69) is 20.9 Å². The molecule has 1 amide bonds. The molecule has 0 aromatic carbocycles. The Balaban J connectivity index is 2.03. The summed E-state index contributed by atoms with van der Waals surface area (Å²) in [4.78, 5) is 30.5. The largest absolute Gasteiger partial charge is 0.444 e. The fourth-order valence-electron chi connectivity index (χ4n) is 2.49. The lowest BCUT2D eigenvalue weighted by Gasteiger charge is -2.27. The number of likely N-dealkylation sites (tertiary alicyclic amines) is 1. The highest BCUT2D eigenvalue weighted by molar-refractivity contribution is 9.10. The zero-order valence-electron chi connectivity index (χ0n) is 13.1. The fraction of sp³-hybridized carbons (Fsp3) is 0.562. The van der Waals surface area contributed by atoms with Crippen molar-refractivity contribution in [2.45, 2.75) is 51.7 Å². The van der Waals surface area contributed by atoms with Crippen LogP contribution in [0.4, 0.5) is 4.79 Å². The first-order valence-corrected chi connectivity index (χ1v) is 8.19. The average molecular weight is 369 g/mol. The number of carbonyl (C=O) groups excluding carboxylic acids is 2. The van der Waals surface area contributed by atoms with Crippen molar-refractivity contribution < 1.29 is 14.3 Å². The van der Waals surface area contributed by atoms with Crippen molar-refractivity contribution in [3.8, 4) is 0 Å². The number of Topliss-reactive ketones (excluding diaryl/α,β-unsaturated/α-hetero) is 1. The summed E-state index contributed by atoms with van der Waals surface area (Å²) in [5.74, 6) is 0.00830. The van der Waals surface area contributed by atoms with Gasteiger partial charge in [0.05, 0.1) is 12.5 Å². The summed E-state index contributed by atoms with van der Waals surface area (Å²) >= 11 is 3.30. The van der Waals surface area contributed by atoms with Crippen LogP contribution in [0.2, 0.25) is 0 Å². The predicted molar refractivity (Wildman–Crippen MR) is 86.6 cm³/mol. The molecule has 2 rings (SSSR count). The zero-order valence-corrected chi connectivity index (χ0v) is 14.7. The molecule has 1 aliphatic heterocycles. The normalized spacial score (nSPS) is 18.4. The van der Waals surface area contributed by atoms with Crippen LogP contribution in [0.25, 0.3) is 0 Å². The highest BCUT2D eigenvalue weighted by atomic mass is 79.9. The summed E-state index contributed by atoms with van der Waals surface area (Å²) in [5, 5.41) is 0. The number of hydrogen-bond donors (Lipinski definition) is 0. The number of rotatable bonds is 3. The molecule has 1 fully saturated rings. The van der Waals surface area contributed by atoms with E-state index >= 15 is 0 Å². The van der Waals surface area contributed by atoms with Gasteiger partial charge in [0.2, 0.25) is 0 Å². The van der Waals surface area contributed by atoms with Crippen molar-refractivity contribution in [1.29, 1.82) is 0 Å². The highest BCUT2D eigenvalue weighted by Gasteiger charge is 2.36. The molecule has 1 aliphatic rings. The van der Waals surface area contributed by atoms with E-state index in [0.717, 1.165) is 6.42 Å². The lowest BCUT2D eigenvalue weighted by molar-refractivity contribution is -0.122. The molecule has 2 heterocycles. The van der Waals surface area contributed by atoms with Crippen LogP contribution in [0, 0.1) is 0 Å². The topological polar surface area (TPSA) is 59.5 Å². The second kappa shape index (κ2) is 6.77. The predicted octanol–water partition coefficient (Wildman–Crippen LogP) is 3.36. The third kappa shape index (κ3) is 4.53. The molecule has 0 bridgehead atoms. The minimum atomic E-state index is -0.556. The van der Waals surface area contributed by atoms with E-state index in [1.165, 1.54) is 0 Å². The number of nitrogens with zero attached hydrogens (tertiary/aromatic N) is 2. The van der Waals surface area contributed by atoms with E-state index in [0.29, 0.717) is 23.3 Å². The van der Waals surface area contributed by atoms with Gasteiger partial charge in [-0.05, 0) is 61.7 Å². The first-order chi connectivity index (χ1) is 10.3. The maximum Gasteiger partial charge on any atom is 0.410 e. The van der Waals surface area contributed by atoms with Crippen LogP contribution < -0.4 is 0 Å². The molecule has 0 aliphatic carbocycles. The van der Waals surface area contributed by atoms with E-state index in [1.54, 1.807) is 4.90 Å². The summed E-state index contributed by atoms with van der Waals surface area (Å²) in [7, 11) is 0. The minimum Gasteiger partial charge on any atom is -0.444 e. The molecule has 1 aromatic rings. The quantitative estimate of drug-likeness (QED) is 0.767. The molecule has 1 aromatic heterocycles. The van der Waals surface area contributed by atoms with Crippen molar-refractivity contribution in [3.63, 3.8) is 0 Å². The molecule has 0 unspecified atom stereocenters. The molecule has 5 nitrogen and oxygen atoms in total. The van der Waals surface area contributed by atoms with Crippen LogP contribution in [0.3, 0.4) is 0 Å². The SMILES string of the molecule is CC(C)(C)OC(=O)N1CCC[C@H]1C(=O)Cc1cccc(Br)n1. The van der Waals surface area contributed by atoms with E-state index in [1.807, 2.05) is 39.0 Å². The van der Waals surface area contributed by atoms with Crippen molar-refractivity contribution in [2.24, 2.45) is 0 Å². The van der Waals surface area contributed by atoms with E-state index < -0.39 is 17.7 Å². The Kier molecular flexibility index (Phi) is 5.21. The van der Waals surface area contributed by atoms with Crippen molar-refractivity contribution >= 4 is 27.8 Å². The summed E-state index contributed by atoms with van der Waals surface area (Å²) in [6.07, 6.45) is 1.32. The second-order valence-corrected chi connectivity index (χ2v) is 7.24. The lowest BCUT2D eigenvalue weighted by Crippen LogP contribution is -2.43. The monoisotopic (exact) mass is 368 g/mol. The van der Waals surface area contributed by atoms with Gasteiger partial charge in [-0.3, -0.25) is 9.69 Å². The van der Waals surface area contributed by atoms with Gasteiger partial charge >= 0.3 is 6.09 Å². The first kappa shape index (κ1) is 16.9. The Morgan fingerprint density at radius 2 is 2.14 bits per heavy atom. The van der Waals surface area contributed by atoms with Crippen LogP contribution in [0.5, 0.6) is 0 Å². The van der Waals surface area contributed by atoms with Crippen LogP contribution in [-0.2, 0) is 16.0 Å². The Morgan fingerprint density at radius 1 is 1.41 bits per heavy atom. The number of ether oxygens (including phenoxy) is 1. The number of carbonyl (C=O) groups is 2. The number of aromatic nitrogens is 1. The molecule has 0 N–H and O–H groups in total.